The number of nitrogens with zero attached hydrogens (tertiary/aromatic N) is 2. The van der Waals surface area contributed by atoms with Crippen LogP contribution in [0.3, 0.4) is 0 Å². The van der Waals surface area contributed by atoms with E-state index in [-0.39, 0.29) is 24.0 Å². The number of halogens is 1. The van der Waals surface area contributed by atoms with Crippen molar-refractivity contribution >= 4 is 29.9 Å². The quantitative estimate of drug-likeness (QED) is 0.317. The molecule has 0 bridgehead atoms. The summed E-state index contributed by atoms with van der Waals surface area (Å²) in [6.07, 6.45) is 2.73. The summed E-state index contributed by atoms with van der Waals surface area (Å²) in [7, 11) is 5.05. The second-order valence-electron chi connectivity index (χ2n) is 3.91. The lowest BCUT2D eigenvalue weighted by Gasteiger charge is -2.11. The maximum atomic E-state index is 5.01. The Labute approximate surface area is 137 Å². The smallest absolute Gasteiger partial charge is 0.212 e. The minimum absolute atomic E-state index is 0. The van der Waals surface area contributed by atoms with Crippen LogP contribution in [-0.4, -0.2) is 45.4 Å². The maximum absolute atomic E-state index is 5.01. The van der Waals surface area contributed by atoms with Crippen molar-refractivity contribution in [2.24, 2.45) is 4.99 Å². The Morgan fingerprint density at radius 3 is 2.65 bits per heavy atom. The van der Waals surface area contributed by atoms with Crippen molar-refractivity contribution < 1.29 is 9.47 Å². The van der Waals surface area contributed by atoms with E-state index >= 15 is 0 Å². The Morgan fingerprint density at radius 2 is 2.10 bits per heavy atom. The van der Waals surface area contributed by atoms with E-state index in [2.05, 4.69) is 20.6 Å². The number of aliphatic imine (C=N–C) groups is 1. The lowest BCUT2D eigenvalue weighted by molar-refractivity contribution is 0.195. The largest absolute Gasteiger partial charge is 0.481 e. The molecule has 7 heteroatoms. The fourth-order valence-electron chi connectivity index (χ4n) is 1.47. The highest BCUT2D eigenvalue weighted by Gasteiger charge is 1.99. The van der Waals surface area contributed by atoms with Gasteiger partial charge >= 0.3 is 0 Å². The molecule has 0 aliphatic heterocycles. The summed E-state index contributed by atoms with van der Waals surface area (Å²) < 4.78 is 10.0. The predicted molar refractivity (Wildman–Crippen MR) is 90.9 cm³/mol. The monoisotopic (exact) mass is 394 g/mol. The van der Waals surface area contributed by atoms with Crippen molar-refractivity contribution in [3.8, 4) is 5.88 Å². The molecule has 0 amide bonds. The van der Waals surface area contributed by atoms with Crippen LogP contribution in [0.2, 0.25) is 0 Å². The average Bonchev–Trinajstić information content (AvgIpc) is 2.47. The molecule has 0 fully saturated rings. The molecule has 0 aliphatic carbocycles. The first-order chi connectivity index (χ1) is 9.30. The van der Waals surface area contributed by atoms with Crippen molar-refractivity contribution in [3.05, 3.63) is 23.9 Å². The Kier molecular flexibility index (Phi) is 11.1. The molecule has 114 valence electrons. The Bertz CT molecular complexity index is 384. The van der Waals surface area contributed by atoms with Crippen molar-refractivity contribution in [1.82, 2.24) is 15.6 Å². The molecule has 1 aromatic heterocycles. The fraction of sp³-hybridized carbons (Fsp3) is 0.538. The molecule has 6 nitrogen and oxygen atoms in total. The molecule has 0 saturated heterocycles. The van der Waals surface area contributed by atoms with E-state index in [9.17, 15) is 0 Å². The van der Waals surface area contributed by atoms with Crippen LogP contribution < -0.4 is 15.4 Å². The second-order valence-corrected chi connectivity index (χ2v) is 3.91. The van der Waals surface area contributed by atoms with Gasteiger partial charge in [0, 0.05) is 46.1 Å². The van der Waals surface area contributed by atoms with Crippen LogP contribution in [0.4, 0.5) is 0 Å². The van der Waals surface area contributed by atoms with Gasteiger partial charge in [-0.3, -0.25) is 4.99 Å². The highest BCUT2D eigenvalue weighted by atomic mass is 127. The minimum Gasteiger partial charge on any atom is -0.481 e. The zero-order chi connectivity index (χ0) is 13.9. The van der Waals surface area contributed by atoms with Crippen molar-refractivity contribution in [3.63, 3.8) is 0 Å². The average molecular weight is 394 g/mol. The van der Waals surface area contributed by atoms with E-state index in [1.807, 2.05) is 12.1 Å². The molecule has 0 atom stereocenters. The molecular formula is C13H23IN4O2. The van der Waals surface area contributed by atoms with E-state index < -0.39 is 0 Å². The predicted octanol–water partition coefficient (Wildman–Crippen LogP) is 1.41. The van der Waals surface area contributed by atoms with Crippen molar-refractivity contribution in [2.75, 3.05) is 34.4 Å². The van der Waals surface area contributed by atoms with Crippen molar-refractivity contribution in [2.45, 2.75) is 13.0 Å². The highest BCUT2D eigenvalue weighted by Crippen LogP contribution is 2.05. The number of nitrogens with one attached hydrogen (secondary N) is 2. The molecule has 1 heterocycles. The summed E-state index contributed by atoms with van der Waals surface area (Å²) in [5.41, 5.74) is 1.07. The van der Waals surface area contributed by atoms with Crippen molar-refractivity contribution in [1.29, 1.82) is 0 Å². The fourth-order valence-corrected chi connectivity index (χ4v) is 1.47. The summed E-state index contributed by atoms with van der Waals surface area (Å²) >= 11 is 0. The Balaban J connectivity index is 0.00000361. The minimum atomic E-state index is 0. The van der Waals surface area contributed by atoms with Gasteiger partial charge in [-0.15, -0.1) is 24.0 Å². The van der Waals surface area contributed by atoms with Crippen LogP contribution in [0.1, 0.15) is 12.0 Å². The normalized spacial score (nSPS) is 10.7. The molecular weight excluding hydrogens is 371 g/mol. The van der Waals surface area contributed by atoms with Gasteiger partial charge in [-0.1, -0.05) is 6.07 Å². The third kappa shape index (κ3) is 7.49. The van der Waals surface area contributed by atoms with Gasteiger partial charge in [0.2, 0.25) is 5.88 Å². The lowest BCUT2D eigenvalue weighted by Crippen LogP contribution is -2.37. The van der Waals surface area contributed by atoms with Crippen LogP contribution in [0.5, 0.6) is 5.88 Å². The molecule has 0 radical (unpaired) electrons. The first-order valence-corrected chi connectivity index (χ1v) is 6.22. The summed E-state index contributed by atoms with van der Waals surface area (Å²) in [6.45, 7) is 2.24. The van der Waals surface area contributed by atoms with Gasteiger partial charge in [0.1, 0.15) is 0 Å². The van der Waals surface area contributed by atoms with Gasteiger partial charge < -0.3 is 20.1 Å². The SMILES string of the molecule is CN=C(NCCCOC)NCc1ccc(OC)nc1.I. The van der Waals surface area contributed by atoms with Gasteiger partial charge in [-0.05, 0) is 12.0 Å². The van der Waals surface area contributed by atoms with Crippen LogP contribution >= 0.6 is 24.0 Å². The number of guanidine groups is 1. The van der Waals surface area contributed by atoms with E-state index in [1.54, 1.807) is 27.5 Å². The van der Waals surface area contributed by atoms with E-state index in [0.29, 0.717) is 12.4 Å². The summed E-state index contributed by atoms with van der Waals surface area (Å²) in [5, 5.41) is 6.43. The zero-order valence-corrected chi connectivity index (χ0v) is 14.5. The van der Waals surface area contributed by atoms with E-state index in [0.717, 1.165) is 31.1 Å². The van der Waals surface area contributed by atoms with Crippen LogP contribution in [0, 0.1) is 0 Å². The summed E-state index contributed by atoms with van der Waals surface area (Å²) in [6, 6.07) is 3.81. The number of hydrogen-bond donors (Lipinski definition) is 2. The lowest BCUT2D eigenvalue weighted by atomic mass is 10.3. The Morgan fingerprint density at radius 1 is 1.30 bits per heavy atom. The summed E-state index contributed by atoms with van der Waals surface area (Å²) in [4.78, 5) is 8.29. The standard InChI is InChI=1S/C13H22N4O2.HI/c1-14-13(15-7-4-8-18-2)17-10-11-5-6-12(19-3)16-9-11;/h5-6,9H,4,7-8,10H2,1-3H3,(H2,14,15,17);1H. The first kappa shape index (κ1) is 18.9. The zero-order valence-electron chi connectivity index (χ0n) is 12.2. The third-order valence-corrected chi connectivity index (χ3v) is 2.51. The van der Waals surface area contributed by atoms with E-state index in [1.165, 1.54) is 0 Å². The third-order valence-electron chi connectivity index (χ3n) is 2.51. The molecule has 0 spiro atoms. The number of hydrogen-bond acceptors (Lipinski definition) is 4. The summed E-state index contributed by atoms with van der Waals surface area (Å²) in [5.74, 6) is 1.39. The molecule has 20 heavy (non-hydrogen) atoms. The van der Waals surface area contributed by atoms with E-state index in [4.69, 9.17) is 9.47 Å². The molecule has 1 rings (SSSR count). The number of methoxy groups -OCH3 is 2. The topological polar surface area (TPSA) is 67.8 Å². The van der Waals surface area contributed by atoms with Gasteiger partial charge in [0.25, 0.3) is 0 Å². The molecule has 0 aliphatic rings. The number of rotatable bonds is 7. The highest BCUT2D eigenvalue weighted by molar-refractivity contribution is 14.0. The molecule has 2 N–H and O–H groups in total. The van der Waals surface area contributed by atoms with Gasteiger partial charge in [-0.2, -0.15) is 0 Å². The maximum Gasteiger partial charge on any atom is 0.212 e. The van der Waals surface area contributed by atoms with Gasteiger partial charge in [0.15, 0.2) is 5.96 Å². The van der Waals surface area contributed by atoms with Gasteiger partial charge in [-0.25, -0.2) is 4.98 Å². The molecule has 0 saturated carbocycles. The van der Waals surface area contributed by atoms with Crippen LogP contribution in [0.25, 0.3) is 0 Å². The van der Waals surface area contributed by atoms with Crippen LogP contribution in [-0.2, 0) is 11.3 Å². The molecule has 1 aromatic rings. The first-order valence-electron chi connectivity index (χ1n) is 6.22. The Hall–Kier alpha value is -1.09. The molecule has 0 unspecified atom stereocenters. The van der Waals surface area contributed by atoms with Gasteiger partial charge in [0.05, 0.1) is 7.11 Å². The molecule has 0 aromatic carbocycles. The number of aromatic nitrogens is 1. The number of pyridine rings is 1. The van der Waals surface area contributed by atoms with Crippen LogP contribution in [0.15, 0.2) is 23.3 Å². The number of ether oxygens (including phenoxy) is 2. The second kappa shape index (κ2) is 11.7.